The number of aromatic nitrogens is 1. The molecule has 1 aromatic heterocycles. The zero-order chi connectivity index (χ0) is 18.2. The Morgan fingerprint density at radius 1 is 1.15 bits per heavy atom. The van der Waals surface area contributed by atoms with Crippen LogP contribution < -0.4 is 15.4 Å². The molecule has 2 aliphatic rings. The van der Waals surface area contributed by atoms with E-state index in [4.69, 9.17) is 15.2 Å². The highest BCUT2D eigenvalue weighted by Gasteiger charge is 2.15. The zero-order valence-corrected chi connectivity index (χ0v) is 15.5. The van der Waals surface area contributed by atoms with Crippen molar-refractivity contribution in [3.8, 4) is 5.88 Å². The van der Waals surface area contributed by atoms with Crippen molar-refractivity contribution >= 4 is 17.3 Å². The molecule has 2 N–H and O–H groups in total. The third-order valence-electron chi connectivity index (χ3n) is 4.88. The van der Waals surface area contributed by atoms with Gasteiger partial charge in [0.2, 0.25) is 5.88 Å². The second kappa shape index (κ2) is 9.73. The van der Waals surface area contributed by atoms with Gasteiger partial charge in [-0.2, -0.15) is 4.98 Å². The van der Waals surface area contributed by atoms with Gasteiger partial charge in [-0.05, 0) is 32.4 Å². The lowest BCUT2D eigenvalue weighted by molar-refractivity contribution is -0.120. The van der Waals surface area contributed by atoms with Gasteiger partial charge < -0.3 is 20.1 Å². The first-order valence-corrected chi connectivity index (χ1v) is 9.68. The number of anilines is 2. The highest BCUT2D eigenvalue weighted by atomic mass is 16.5. The van der Waals surface area contributed by atoms with Gasteiger partial charge in [-0.1, -0.05) is 6.42 Å². The van der Waals surface area contributed by atoms with E-state index in [2.05, 4.69) is 14.8 Å². The molecule has 2 aliphatic heterocycles. The highest BCUT2D eigenvalue weighted by molar-refractivity contribution is 5.80. The molecule has 3 heterocycles. The number of nitrogens with two attached hydrogens (primary N) is 1. The SMILES string of the molecule is Nc1cc(N2CCOCC2)cc(OCCCC(=O)CN2CCCCC2)n1. The molecule has 2 saturated heterocycles. The minimum atomic E-state index is 0.296. The van der Waals surface area contributed by atoms with Crippen LogP contribution in [-0.2, 0) is 9.53 Å². The van der Waals surface area contributed by atoms with Crippen LogP contribution in [-0.4, -0.2) is 68.2 Å². The van der Waals surface area contributed by atoms with Crippen LogP contribution >= 0.6 is 0 Å². The Morgan fingerprint density at radius 2 is 1.92 bits per heavy atom. The molecule has 0 aromatic carbocycles. The maximum atomic E-state index is 12.1. The van der Waals surface area contributed by atoms with Crippen molar-refractivity contribution in [2.75, 3.05) is 63.2 Å². The van der Waals surface area contributed by atoms with Crippen LogP contribution in [0.15, 0.2) is 12.1 Å². The summed E-state index contributed by atoms with van der Waals surface area (Å²) in [5.74, 6) is 1.27. The lowest BCUT2D eigenvalue weighted by atomic mass is 10.1. The van der Waals surface area contributed by atoms with E-state index in [9.17, 15) is 4.79 Å². The Bertz CT molecular complexity index is 584. The molecule has 7 nitrogen and oxygen atoms in total. The van der Waals surface area contributed by atoms with Gasteiger partial charge in [-0.15, -0.1) is 0 Å². The number of ether oxygens (including phenoxy) is 2. The number of hydrogen-bond acceptors (Lipinski definition) is 7. The number of likely N-dealkylation sites (tertiary alicyclic amines) is 1. The molecule has 0 spiro atoms. The minimum absolute atomic E-state index is 0.296. The number of rotatable bonds is 8. The first kappa shape index (κ1) is 18.9. The Balaban J connectivity index is 1.41. The predicted octanol–water partition coefficient (Wildman–Crippen LogP) is 1.71. The molecule has 1 aromatic rings. The van der Waals surface area contributed by atoms with Crippen molar-refractivity contribution in [2.45, 2.75) is 32.1 Å². The van der Waals surface area contributed by atoms with Crippen LogP contribution in [0.3, 0.4) is 0 Å². The summed E-state index contributed by atoms with van der Waals surface area (Å²) in [6, 6.07) is 3.78. The number of Topliss-reactive ketones (excluding diaryl/α,β-unsaturated/α-hetero) is 1. The highest BCUT2D eigenvalue weighted by Crippen LogP contribution is 2.23. The van der Waals surface area contributed by atoms with Crippen molar-refractivity contribution in [2.24, 2.45) is 0 Å². The molecular formula is C19H30N4O3. The summed E-state index contributed by atoms with van der Waals surface area (Å²) >= 11 is 0. The van der Waals surface area contributed by atoms with Crippen LogP contribution in [0.25, 0.3) is 0 Å². The fourth-order valence-corrected chi connectivity index (χ4v) is 3.48. The molecular weight excluding hydrogens is 332 g/mol. The van der Waals surface area contributed by atoms with E-state index in [-0.39, 0.29) is 0 Å². The minimum Gasteiger partial charge on any atom is -0.478 e. The lowest BCUT2D eigenvalue weighted by Gasteiger charge is -2.29. The van der Waals surface area contributed by atoms with Crippen LogP contribution in [0.4, 0.5) is 11.5 Å². The van der Waals surface area contributed by atoms with Gasteiger partial charge in [-0.3, -0.25) is 9.69 Å². The van der Waals surface area contributed by atoms with E-state index >= 15 is 0 Å². The largest absolute Gasteiger partial charge is 0.478 e. The number of morpholine rings is 1. The molecule has 0 saturated carbocycles. The topological polar surface area (TPSA) is 80.9 Å². The number of hydrogen-bond donors (Lipinski definition) is 1. The van der Waals surface area contributed by atoms with Crippen molar-refractivity contribution in [1.82, 2.24) is 9.88 Å². The summed E-state index contributed by atoms with van der Waals surface area (Å²) < 4.78 is 11.1. The summed E-state index contributed by atoms with van der Waals surface area (Å²) in [4.78, 5) is 20.8. The molecule has 3 rings (SSSR count). The van der Waals surface area contributed by atoms with E-state index in [1.165, 1.54) is 19.3 Å². The average Bonchev–Trinajstić information content (AvgIpc) is 2.66. The monoisotopic (exact) mass is 362 g/mol. The molecule has 0 unspecified atom stereocenters. The Labute approximate surface area is 155 Å². The molecule has 0 bridgehead atoms. The second-order valence-electron chi connectivity index (χ2n) is 7.02. The van der Waals surface area contributed by atoms with Crippen molar-refractivity contribution in [3.63, 3.8) is 0 Å². The molecule has 0 aliphatic carbocycles. The number of carbonyl (C=O) groups is 1. The van der Waals surface area contributed by atoms with Gasteiger partial charge in [0.25, 0.3) is 0 Å². The zero-order valence-electron chi connectivity index (χ0n) is 15.5. The molecule has 144 valence electrons. The van der Waals surface area contributed by atoms with Gasteiger partial charge >= 0.3 is 0 Å². The number of nitrogen functional groups attached to an aromatic ring is 1. The number of ketones is 1. The van der Waals surface area contributed by atoms with E-state index < -0.39 is 0 Å². The summed E-state index contributed by atoms with van der Waals surface area (Å²) in [5, 5.41) is 0. The van der Waals surface area contributed by atoms with Crippen molar-refractivity contribution in [1.29, 1.82) is 0 Å². The average molecular weight is 362 g/mol. The fourth-order valence-electron chi connectivity index (χ4n) is 3.48. The lowest BCUT2D eigenvalue weighted by Crippen LogP contribution is -2.36. The van der Waals surface area contributed by atoms with Crippen LogP contribution in [0.1, 0.15) is 32.1 Å². The first-order valence-electron chi connectivity index (χ1n) is 9.68. The van der Waals surface area contributed by atoms with E-state index in [1.54, 1.807) is 0 Å². The molecule has 0 radical (unpaired) electrons. The third-order valence-corrected chi connectivity index (χ3v) is 4.88. The second-order valence-corrected chi connectivity index (χ2v) is 7.02. The van der Waals surface area contributed by atoms with Crippen LogP contribution in [0.5, 0.6) is 5.88 Å². The Hall–Kier alpha value is -1.86. The predicted molar refractivity (Wildman–Crippen MR) is 102 cm³/mol. The number of carbonyl (C=O) groups excluding carboxylic acids is 1. The van der Waals surface area contributed by atoms with Gasteiger partial charge in [-0.25, -0.2) is 0 Å². The smallest absolute Gasteiger partial charge is 0.217 e. The quantitative estimate of drug-likeness (QED) is 0.705. The maximum Gasteiger partial charge on any atom is 0.217 e. The van der Waals surface area contributed by atoms with Crippen molar-refractivity contribution in [3.05, 3.63) is 12.1 Å². The summed E-state index contributed by atoms with van der Waals surface area (Å²) in [5.41, 5.74) is 6.93. The van der Waals surface area contributed by atoms with E-state index in [0.29, 0.717) is 43.5 Å². The number of pyridine rings is 1. The summed E-state index contributed by atoms with van der Waals surface area (Å²) in [6.07, 6.45) is 4.97. The van der Waals surface area contributed by atoms with Gasteiger partial charge in [0.1, 0.15) is 11.6 Å². The summed E-state index contributed by atoms with van der Waals surface area (Å²) in [6.45, 7) is 6.29. The van der Waals surface area contributed by atoms with E-state index in [0.717, 1.165) is 45.1 Å². The van der Waals surface area contributed by atoms with E-state index in [1.807, 2.05) is 12.1 Å². The molecule has 0 atom stereocenters. The normalized spacial score (nSPS) is 18.7. The third kappa shape index (κ3) is 5.85. The first-order chi connectivity index (χ1) is 12.7. The standard InChI is InChI=1S/C19H30N4O3/c20-18-13-16(23-8-11-25-12-9-23)14-19(21-18)26-10-4-5-17(24)15-22-6-2-1-3-7-22/h13-14H,1-12,15H2,(H2,20,21). The fraction of sp³-hybridized carbons (Fsp3) is 0.684. The van der Waals surface area contributed by atoms with Crippen LogP contribution in [0, 0.1) is 0 Å². The molecule has 26 heavy (non-hydrogen) atoms. The van der Waals surface area contributed by atoms with Gasteiger partial charge in [0.05, 0.1) is 26.4 Å². The molecule has 7 heteroatoms. The molecule has 0 amide bonds. The summed E-state index contributed by atoms with van der Waals surface area (Å²) in [7, 11) is 0. The van der Waals surface area contributed by atoms with Gasteiger partial charge in [0.15, 0.2) is 0 Å². The Morgan fingerprint density at radius 3 is 2.69 bits per heavy atom. The maximum absolute atomic E-state index is 12.1. The number of nitrogens with zero attached hydrogens (tertiary/aromatic N) is 3. The van der Waals surface area contributed by atoms with Crippen molar-refractivity contribution < 1.29 is 14.3 Å². The number of piperidine rings is 1. The molecule has 2 fully saturated rings. The van der Waals surface area contributed by atoms with Crippen LogP contribution in [0.2, 0.25) is 0 Å². The van der Waals surface area contributed by atoms with Gasteiger partial charge in [0, 0.05) is 37.3 Å². The Kier molecular flexibility index (Phi) is 7.08.